The van der Waals surface area contributed by atoms with E-state index in [1.807, 2.05) is 44.2 Å². The molecule has 2 rings (SSSR count). The lowest BCUT2D eigenvalue weighted by atomic mass is 10.2. The lowest BCUT2D eigenvalue weighted by Gasteiger charge is -1.98. The molecular weight excluding hydrogens is 292 g/mol. The second-order valence-corrected chi connectivity index (χ2v) is 4.98. The molecule has 0 aliphatic rings. The summed E-state index contributed by atoms with van der Waals surface area (Å²) in [6.45, 7) is 3.74. The summed E-state index contributed by atoms with van der Waals surface area (Å²) in [5, 5.41) is 4.14. The standard InChI is InChI=1S/C14H13BrN2O/c1-10-9-11(2)17(16-10)14(18)8-5-12-3-6-13(15)7-4-12/h3-9H,1-2H3. The van der Waals surface area contributed by atoms with Crippen LogP contribution in [0.25, 0.3) is 6.08 Å². The molecule has 0 saturated carbocycles. The van der Waals surface area contributed by atoms with E-state index in [0.29, 0.717) is 0 Å². The Labute approximate surface area is 114 Å². The van der Waals surface area contributed by atoms with Crippen molar-refractivity contribution in [2.45, 2.75) is 13.8 Å². The summed E-state index contributed by atoms with van der Waals surface area (Å²) in [5.74, 6) is -0.136. The van der Waals surface area contributed by atoms with Crippen molar-refractivity contribution in [1.29, 1.82) is 0 Å². The SMILES string of the molecule is Cc1cc(C)n(C(=O)C=Cc2ccc(Br)cc2)n1. The molecule has 0 atom stereocenters. The maximum absolute atomic E-state index is 11.9. The molecule has 0 aliphatic heterocycles. The summed E-state index contributed by atoms with van der Waals surface area (Å²) in [7, 11) is 0. The highest BCUT2D eigenvalue weighted by Crippen LogP contribution is 2.11. The van der Waals surface area contributed by atoms with Crippen LogP contribution < -0.4 is 0 Å². The van der Waals surface area contributed by atoms with Gasteiger partial charge in [0.05, 0.1) is 5.69 Å². The van der Waals surface area contributed by atoms with Crippen LogP contribution in [0.3, 0.4) is 0 Å². The van der Waals surface area contributed by atoms with E-state index in [0.717, 1.165) is 21.4 Å². The van der Waals surface area contributed by atoms with E-state index < -0.39 is 0 Å². The van der Waals surface area contributed by atoms with Crippen LogP contribution in [0.2, 0.25) is 0 Å². The minimum atomic E-state index is -0.136. The van der Waals surface area contributed by atoms with Crippen LogP contribution in [-0.2, 0) is 0 Å². The number of carbonyl (C=O) groups is 1. The lowest BCUT2D eigenvalue weighted by Crippen LogP contribution is -2.10. The molecule has 0 fully saturated rings. The summed E-state index contributed by atoms with van der Waals surface area (Å²) in [4.78, 5) is 11.9. The van der Waals surface area contributed by atoms with Crippen LogP contribution in [0, 0.1) is 13.8 Å². The van der Waals surface area contributed by atoms with Gasteiger partial charge in [-0.25, -0.2) is 4.68 Å². The molecule has 1 aromatic heterocycles. The molecule has 18 heavy (non-hydrogen) atoms. The van der Waals surface area contributed by atoms with Gasteiger partial charge in [0, 0.05) is 16.2 Å². The predicted molar refractivity (Wildman–Crippen MR) is 75.5 cm³/mol. The van der Waals surface area contributed by atoms with Crippen LogP contribution in [0.4, 0.5) is 0 Å². The number of rotatable bonds is 2. The molecule has 0 saturated heterocycles. The molecule has 0 unspecified atom stereocenters. The fourth-order valence-corrected chi connectivity index (χ4v) is 1.93. The number of benzene rings is 1. The summed E-state index contributed by atoms with van der Waals surface area (Å²) in [6.07, 6.45) is 3.31. The number of nitrogens with zero attached hydrogens (tertiary/aromatic N) is 2. The Morgan fingerprint density at radius 1 is 1.28 bits per heavy atom. The van der Waals surface area contributed by atoms with Crippen molar-refractivity contribution in [3.8, 4) is 0 Å². The second kappa shape index (κ2) is 5.31. The molecule has 3 nitrogen and oxygen atoms in total. The first-order chi connectivity index (χ1) is 8.56. The number of halogens is 1. The first kappa shape index (κ1) is 12.8. The normalized spacial score (nSPS) is 11.1. The predicted octanol–water partition coefficient (Wildman–Crippen LogP) is 3.62. The number of aromatic nitrogens is 2. The Hall–Kier alpha value is -1.68. The number of hydrogen-bond donors (Lipinski definition) is 0. The third kappa shape index (κ3) is 2.96. The molecule has 0 radical (unpaired) electrons. The van der Waals surface area contributed by atoms with Crippen LogP contribution in [-0.4, -0.2) is 15.7 Å². The van der Waals surface area contributed by atoms with Crippen LogP contribution in [0.1, 0.15) is 21.7 Å². The largest absolute Gasteiger partial charge is 0.271 e. The van der Waals surface area contributed by atoms with Crippen LogP contribution >= 0.6 is 15.9 Å². The average Bonchev–Trinajstić information content (AvgIpc) is 2.67. The second-order valence-electron chi connectivity index (χ2n) is 4.06. The van der Waals surface area contributed by atoms with E-state index in [-0.39, 0.29) is 5.91 Å². The number of aryl methyl sites for hydroxylation is 2. The Morgan fingerprint density at radius 2 is 1.94 bits per heavy atom. The third-order valence-corrected chi connectivity index (χ3v) is 3.04. The van der Waals surface area contributed by atoms with Crippen molar-refractivity contribution in [3.63, 3.8) is 0 Å². The zero-order valence-electron chi connectivity index (χ0n) is 10.2. The molecule has 1 heterocycles. The van der Waals surface area contributed by atoms with Crippen LogP contribution in [0.5, 0.6) is 0 Å². The van der Waals surface area contributed by atoms with Gasteiger partial charge in [-0.2, -0.15) is 5.10 Å². The van der Waals surface area contributed by atoms with Gasteiger partial charge in [-0.3, -0.25) is 4.79 Å². The van der Waals surface area contributed by atoms with E-state index in [1.165, 1.54) is 10.8 Å². The molecule has 92 valence electrons. The fourth-order valence-electron chi connectivity index (χ4n) is 1.66. The molecule has 0 bridgehead atoms. The third-order valence-electron chi connectivity index (χ3n) is 2.51. The maximum atomic E-state index is 11.9. The fraction of sp³-hybridized carbons (Fsp3) is 0.143. The highest BCUT2D eigenvalue weighted by Gasteiger charge is 2.06. The first-order valence-electron chi connectivity index (χ1n) is 5.57. The van der Waals surface area contributed by atoms with Gasteiger partial charge in [-0.1, -0.05) is 28.1 Å². The Morgan fingerprint density at radius 3 is 2.50 bits per heavy atom. The van der Waals surface area contributed by atoms with Crippen molar-refractivity contribution in [3.05, 3.63) is 57.8 Å². The lowest BCUT2D eigenvalue weighted by molar-refractivity contribution is 0.0952. The summed E-state index contributed by atoms with van der Waals surface area (Å²) in [5.41, 5.74) is 2.67. The van der Waals surface area contributed by atoms with E-state index in [4.69, 9.17) is 0 Å². The number of hydrogen-bond acceptors (Lipinski definition) is 2. The minimum absolute atomic E-state index is 0.136. The van der Waals surface area contributed by atoms with Gasteiger partial charge in [0.25, 0.3) is 5.91 Å². The summed E-state index contributed by atoms with van der Waals surface area (Å²) >= 11 is 3.37. The van der Waals surface area contributed by atoms with E-state index in [1.54, 1.807) is 6.08 Å². The van der Waals surface area contributed by atoms with Crippen molar-refractivity contribution >= 4 is 27.9 Å². The van der Waals surface area contributed by atoms with Crippen molar-refractivity contribution in [1.82, 2.24) is 9.78 Å². The highest BCUT2D eigenvalue weighted by atomic mass is 79.9. The van der Waals surface area contributed by atoms with Gasteiger partial charge >= 0.3 is 0 Å². The Bertz CT molecular complexity index is 597. The van der Waals surface area contributed by atoms with E-state index in [9.17, 15) is 4.79 Å². The van der Waals surface area contributed by atoms with Gasteiger partial charge < -0.3 is 0 Å². The van der Waals surface area contributed by atoms with Crippen molar-refractivity contribution in [2.24, 2.45) is 0 Å². The average molecular weight is 305 g/mol. The molecule has 0 amide bonds. The molecule has 1 aromatic carbocycles. The van der Waals surface area contributed by atoms with E-state index >= 15 is 0 Å². The quantitative estimate of drug-likeness (QED) is 0.794. The smallest absolute Gasteiger partial charge is 0.267 e. The zero-order valence-corrected chi connectivity index (χ0v) is 11.8. The molecule has 4 heteroatoms. The molecular formula is C14H13BrN2O. The monoisotopic (exact) mass is 304 g/mol. The van der Waals surface area contributed by atoms with E-state index in [2.05, 4.69) is 21.0 Å². The van der Waals surface area contributed by atoms with Crippen molar-refractivity contribution < 1.29 is 4.79 Å². The Balaban J connectivity index is 2.16. The molecule has 0 aliphatic carbocycles. The maximum Gasteiger partial charge on any atom is 0.271 e. The minimum Gasteiger partial charge on any atom is -0.267 e. The zero-order chi connectivity index (χ0) is 13.1. The topological polar surface area (TPSA) is 34.9 Å². The highest BCUT2D eigenvalue weighted by molar-refractivity contribution is 9.10. The van der Waals surface area contributed by atoms with Gasteiger partial charge in [0.2, 0.25) is 0 Å². The first-order valence-corrected chi connectivity index (χ1v) is 6.37. The summed E-state index contributed by atoms with van der Waals surface area (Å²) in [6, 6.07) is 9.64. The number of allylic oxidation sites excluding steroid dienone is 1. The van der Waals surface area contributed by atoms with Crippen molar-refractivity contribution in [2.75, 3.05) is 0 Å². The van der Waals surface area contributed by atoms with Gasteiger partial charge in [0.1, 0.15) is 0 Å². The van der Waals surface area contributed by atoms with Crippen LogP contribution in [0.15, 0.2) is 40.9 Å². The van der Waals surface area contributed by atoms with Gasteiger partial charge in [-0.15, -0.1) is 0 Å². The summed E-state index contributed by atoms with van der Waals surface area (Å²) < 4.78 is 2.43. The van der Waals surface area contributed by atoms with Gasteiger partial charge in [-0.05, 0) is 43.7 Å². The Kier molecular flexibility index (Phi) is 3.77. The molecule has 2 aromatic rings. The van der Waals surface area contributed by atoms with Gasteiger partial charge in [0.15, 0.2) is 0 Å². The number of carbonyl (C=O) groups excluding carboxylic acids is 1. The molecule has 0 spiro atoms. The molecule has 0 N–H and O–H groups in total.